The highest BCUT2D eigenvalue weighted by Crippen LogP contribution is 2.20. The molecule has 0 unspecified atom stereocenters. The Bertz CT molecular complexity index is 929. The predicted octanol–water partition coefficient (Wildman–Crippen LogP) is 2.79. The van der Waals surface area contributed by atoms with Gasteiger partial charge in [0.05, 0.1) is 23.3 Å². The van der Waals surface area contributed by atoms with Gasteiger partial charge in [0.25, 0.3) is 5.56 Å². The minimum atomic E-state index is -0.279. The fourth-order valence-corrected chi connectivity index (χ4v) is 3.45. The zero-order valence-corrected chi connectivity index (χ0v) is 17.1. The van der Waals surface area contributed by atoms with Gasteiger partial charge in [-0.1, -0.05) is 29.4 Å². The second-order valence-corrected chi connectivity index (χ2v) is 7.19. The number of amides is 1. The summed E-state index contributed by atoms with van der Waals surface area (Å²) in [6, 6.07) is 4.90. The SMILES string of the molecule is C=CCn1c(SCC(=O)NCCCC(=O)OCC)nc2cc(Cl)ccc2c1=O. The number of nitrogens with one attached hydrogen (secondary N) is 1. The number of hydrogen-bond donors (Lipinski definition) is 1. The summed E-state index contributed by atoms with van der Waals surface area (Å²) < 4.78 is 6.31. The number of halogens is 1. The van der Waals surface area contributed by atoms with Crippen LogP contribution in [0.2, 0.25) is 5.02 Å². The molecule has 0 atom stereocenters. The fraction of sp³-hybridized carbons (Fsp3) is 0.368. The second-order valence-electron chi connectivity index (χ2n) is 5.81. The Labute approximate surface area is 172 Å². The van der Waals surface area contributed by atoms with Crippen LogP contribution >= 0.6 is 23.4 Å². The molecule has 0 aliphatic rings. The number of ether oxygens (including phenoxy) is 1. The van der Waals surface area contributed by atoms with E-state index in [-0.39, 0.29) is 36.2 Å². The standard InChI is InChI=1S/C19H22ClN3O4S/c1-3-10-23-18(26)14-8-7-13(20)11-15(14)22-19(23)28-12-16(24)21-9-5-6-17(25)27-4-2/h3,7-8,11H,1,4-6,9-10,12H2,2H3,(H,21,24). The first kappa shape index (κ1) is 22.0. The van der Waals surface area contributed by atoms with E-state index in [0.717, 1.165) is 11.8 Å². The number of benzene rings is 1. The molecule has 0 fully saturated rings. The maximum absolute atomic E-state index is 12.7. The molecule has 7 nitrogen and oxygen atoms in total. The highest BCUT2D eigenvalue weighted by Gasteiger charge is 2.13. The van der Waals surface area contributed by atoms with E-state index in [9.17, 15) is 14.4 Å². The zero-order chi connectivity index (χ0) is 20.5. The second kappa shape index (κ2) is 10.9. The van der Waals surface area contributed by atoms with Crippen molar-refractivity contribution in [2.45, 2.75) is 31.5 Å². The predicted molar refractivity (Wildman–Crippen MR) is 111 cm³/mol. The Morgan fingerprint density at radius 1 is 1.43 bits per heavy atom. The van der Waals surface area contributed by atoms with Crippen LogP contribution in [0.25, 0.3) is 10.9 Å². The number of carbonyl (C=O) groups excluding carboxylic acids is 2. The highest BCUT2D eigenvalue weighted by atomic mass is 35.5. The molecule has 0 radical (unpaired) electrons. The van der Waals surface area contributed by atoms with Crippen molar-refractivity contribution in [3.05, 3.63) is 46.2 Å². The van der Waals surface area contributed by atoms with Crippen LogP contribution in [0.4, 0.5) is 0 Å². The first-order valence-corrected chi connectivity index (χ1v) is 10.2. The van der Waals surface area contributed by atoms with Gasteiger partial charge < -0.3 is 10.1 Å². The third-order valence-electron chi connectivity index (χ3n) is 3.71. The van der Waals surface area contributed by atoms with E-state index in [2.05, 4.69) is 16.9 Å². The minimum absolute atomic E-state index is 0.0923. The van der Waals surface area contributed by atoms with Crippen molar-refractivity contribution in [3.8, 4) is 0 Å². The molecule has 0 spiro atoms. The maximum atomic E-state index is 12.7. The van der Waals surface area contributed by atoms with Crippen molar-refractivity contribution >= 4 is 46.1 Å². The number of nitrogens with zero attached hydrogens (tertiary/aromatic N) is 2. The molecule has 0 saturated heterocycles. The van der Waals surface area contributed by atoms with Crippen molar-refractivity contribution in [1.82, 2.24) is 14.9 Å². The molecule has 150 valence electrons. The zero-order valence-electron chi connectivity index (χ0n) is 15.6. The van der Waals surface area contributed by atoms with Gasteiger partial charge in [0.1, 0.15) is 0 Å². The van der Waals surface area contributed by atoms with Gasteiger partial charge in [0, 0.05) is 24.5 Å². The lowest BCUT2D eigenvalue weighted by Crippen LogP contribution is -2.28. The summed E-state index contributed by atoms with van der Waals surface area (Å²) in [6.07, 6.45) is 2.36. The third kappa shape index (κ3) is 6.10. The van der Waals surface area contributed by atoms with Crippen molar-refractivity contribution in [3.63, 3.8) is 0 Å². The Morgan fingerprint density at radius 3 is 2.93 bits per heavy atom. The van der Waals surface area contributed by atoms with Crippen LogP contribution in [0, 0.1) is 0 Å². The molecule has 0 bridgehead atoms. The van der Waals surface area contributed by atoms with Crippen LogP contribution in [-0.2, 0) is 20.9 Å². The molecule has 0 aliphatic carbocycles. The summed E-state index contributed by atoms with van der Waals surface area (Å²) >= 11 is 7.16. The molecule has 2 rings (SSSR count). The number of aromatic nitrogens is 2. The van der Waals surface area contributed by atoms with Crippen molar-refractivity contribution in [2.75, 3.05) is 18.9 Å². The van der Waals surface area contributed by atoms with E-state index in [1.165, 1.54) is 4.57 Å². The average Bonchev–Trinajstić information content (AvgIpc) is 2.66. The largest absolute Gasteiger partial charge is 0.466 e. The number of carbonyl (C=O) groups is 2. The van der Waals surface area contributed by atoms with Crippen LogP contribution in [-0.4, -0.2) is 40.3 Å². The molecule has 1 aromatic carbocycles. The van der Waals surface area contributed by atoms with Crippen LogP contribution in [0.3, 0.4) is 0 Å². The lowest BCUT2D eigenvalue weighted by molar-refractivity contribution is -0.143. The van der Waals surface area contributed by atoms with Crippen LogP contribution in [0.1, 0.15) is 19.8 Å². The number of thioether (sulfide) groups is 1. The molecule has 0 aliphatic heterocycles. The molecule has 1 N–H and O–H groups in total. The summed E-state index contributed by atoms with van der Waals surface area (Å²) in [7, 11) is 0. The summed E-state index contributed by atoms with van der Waals surface area (Å²) in [4.78, 5) is 40.5. The van der Waals surface area contributed by atoms with Gasteiger partial charge in [-0.15, -0.1) is 6.58 Å². The van der Waals surface area contributed by atoms with Crippen LogP contribution in [0.5, 0.6) is 0 Å². The van der Waals surface area contributed by atoms with Crippen molar-refractivity contribution in [2.24, 2.45) is 0 Å². The number of allylic oxidation sites excluding steroid dienone is 1. The normalized spacial score (nSPS) is 10.6. The Hall–Kier alpha value is -2.32. The number of hydrogen-bond acceptors (Lipinski definition) is 6. The van der Waals surface area contributed by atoms with Gasteiger partial charge in [-0.2, -0.15) is 0 Å². The van der Waals surface area contributed by atoms with Crippen molar-refractivity contribution in [1.29, 1.82) is 0 Å². The summed E-state index contributed by atoms with van der Waals surface area (Å²) in [5, 5.41) is 4.10. The summed E-state index contributed by atoms with van der Waals surface area (Å²) in [5.74, 6) is -0.396. The quantitative estimate of drug-likeness (QED) is 0.208. The minimum Gasteiger partial charge on any atom is -0.466 e. The molecular formula is C19H22ClN3O4S. The molecule has 0 saturated carbocycles. The molecule has 28 heavy (non-hydrogen) atoms. The lowest BCUT2D eigenvalue weighted by Gasteiger charge is -2.11. The van der Waals surface area contributed by atoms with E-state index in [1.807, 2.05) is 0 Å². The van der Waals surface area contributed by atoms with Gasteiger partial charge in [0.2, 0.25) is 5.91 Å². The van der Waals surface area contributed by atoms with E-state index in [4.69, 9.17) is 16.3 Å². The Morgan fingerprint density at radius 2 is 2.21 bits per heavy atom. The van der Waals surface area contributed by atoms with Crippen LogP contribution < -0.4 is 10.9 Å². The summed E-state index contributed by atoms with van der Waals surface area (Å²) in [6.45, 7) is 6.42. The molecule has 1 amide bonds. The number of esters is 1. The Balaban J connectivity index is 2.01. The van der Waals surface area contributed by atoms with Gasteiger partial charge >= 0.3 is 5.97 Å². The molecule has 1 aromatic heterocycles. The van der Waals surface area contributed by atoms with Gasteiger partial charge in [-0.05, 0) is 31.5 Å². The van der Waals surface area contributed by atoms with E-state index in [0.29, 0.717) is 40.7 Å². The number of fused-ring (bicyclic) bond motifs is 1. The monoisotopic (exact) mass is 423 g/mol. The van der Waals surface area contributed by atoms with E-state index in [1.54, 1.807) is 31.2 Å². The lowest BCUT2D eigenvalue weighted by atomic mass is 10.2. The maximum Gasteiger partial charge on any atom is 0.305 e. The third-order valence-corrected chi connectivity index (χ3v) is 4.92. The molecule has 9 heteroatoms. The smallest absolute Gasteiger partial charge is 0.305 e. The van der Waals surface area contributed by atoms with Gasteiger partial charge in [0.15, 0.2) is 5.16 Å². The fourth-order valence-electron chi connectivity index (χ4n) is 2.45. The average molecular weight is 424 g/mol. The van der Waals surface area contributed by atoms with Crippen molar-refractivity contribution < 1.29 is 14.3 Å². The first-order chi connectivity index (χ1) is 13.5. The first-order valence-electron chi connectivity index (χ1n) is 8.82. The summed E-state index contributed by atoms with van der Waals surface area (Å²) in [5.41, 5.74) is 0.272. The Kier molecular flexibility index (Phi) is 8.53. The van der Waals surface area contributed by atoms with Crippen LogP contribution in [0.15, 0.2) is 40.8 Å². The highest BCUT2D eigenvalue weighted by molar-refractivity contribution is 7.99. The topological polar surface area (TPSA) is 90.3 Å². The van der Waals surface area contributed by atoms with Gasteiger partial charge in [-0.3, -0.25) is 19.0 Å². The van der Waals surface area contributed by atoms with Gasteiger partial charge in [-0.25, -0.2) is 4.98 Å². The van der Waals surface area contributed by atoms with E-state index >= 15 is 0 Å². The van der Waals surface area contributed by atoms with E-state index < -0.39 is 0 Å². The molecule has 2 aromatic rings. The molecular weight excluding hydrogens is 402 g/mol. The molecule has 1 heterocycles. The number of rotatable bonds is 10.